The highest BCUT2D eigenvalue weighted by Crippen LogP contribution is 2.14. The number of allylic oxidation sites excluding steroid dienone is 20. The molecule has 0 spiro atoms. The Bertz CT molecular complexity index is 1360. The Morgan fingerprint density at radius 3 is 0.940 bits per heavy atom. The van der Waals surface area contributed by atoms with Gasteiger partial charge in [-0.25, -0.2) is 0 Å². The van der Waals surface area contributed by atoms with E-state index in [4.69, 9.17) is 14.2 Å². The molecule has 0 unspecified atom stereocenters. The molecular formula is C61H98O6. The smallest absolute Gasteiger partial charge is 0.306 e. The Labute approximate surface area is 412 Å². The van der Waals surface area contributed by atoms with Gasteiger partial charge in [0.05, 0.1) is 0 Å². The molecule has 0 amide bonds. The Balaban J connectivity index is 4.52. The van der Waals surface area contributed by atoms with Gasteiger partial charge >= 0.3 is 17.9 Å². The molecule has 6 nitrogen and oxygen atoms in total. The summed E-state index contributed by atoms with van der Waals surface area (Å²) < 4.78 is 16.8. The third-order valence-electron chi connectivity index (χ3n) is 10.9. The van der Waals surface area contributed by atoms with E-state index in [2.05, 4.69) is 142 Å². The first-order valence-electron chi connectivity index (χ1n) is 27.0. The molecule has 0 saturated carbocycles. The first kappa shape index (κ1) is 62.8. The molecule has 0 aliphatic carbocycles. The van der Waals surface area contributed by atoms with Gasteiger partial charge in [0.2, 0.25) is 0 Å². The largest absolute Gasteiger partial charge is 0.462 e. The van der Waals surface area contributed by atoms with Crippen LogP contribution in [0.15, 0.2) is 122 Å². The lowest BCUT2D eigenvalue weighted by Crippen LogP contribution is -2.30. The van der Waals surface area contributed by atoms with Crippen LogP contribution in [0.4, 0.5) is 0 Å². The van der Waals surface area contributed by atoms with Crippen molar-refractivity contribution >= 4 is 17.9 Å². The number of esters is 3. The van der Waals surface area contributed by atoms with E-state index in [-0.39, 0.29) is 31.1 Å². The fourth-order valence-corrected chi connectivity index (χ4v) is 6.92. The summed E-state index contributed by atoms with van der Waals surface area (Å²) in [4.78, 5) is 38.1. The van der Waals surface area contributed by atoms with Gasteiger partial charge < -0.3 is 14.2 Å². The highest BCUT2D eigenvalue weighted by atomic mass is 16.6. The lowest BCUT2D eigenvalue weighted by Gasteiger charge is -2.18. The van der Waals surface area contributed by atoms with Gasteiger partial charge in [-0.2, -0.15) is 0 Å². The van der Waals surface area contributed by atoms with Gasteiger partial charge in [-0.15, -0.1) is 0 Å². The quantitative estimate of drug-likeness (QED) is 0.0262. The third kappa shape index (κ3) is 52.6. The number of unbranched alkanes of at least 4 members (excludes halogenated alkanes) is 16. The molecule has 0 rings (SSSR count). The Morgan fingerprint density at radius 2 is 0.582 bits per heavy atom. The minimum Gasteiger partial charge on any atom is -0.462 e. The minimum atomic E-state index is -0.818. The highest BCUT2D eigenvalue weighted by Gasteiger charge is 2.19. The van der Waals surface area contributed by atoms with Crippen molar-refractivity contribution in [1.29, 1.82) is 0 Å². The highest BCUT2D eigenvalue weighted by molar-refractivity contribution is 5.71. The van der Waals surface area contributed by atoms with Gasteiger partial charge in [0.25, 0.3) is 0 Å². The predicted molar refractivity (Wildman–Crippen MR) is 288 cm³/mol. The molecule has 0 aliphatic rings. The molecule has 0 aromatic rings. The van der Waals surface area contributed by atoms with Gasteiger partial charge in [-0.1, -0.05) is 200 Å². The Morgan fingerprint density at radius 1 is 0.313 bits per heavy atom. The van der Waals surface area contributed by atoms with Crippen molar-refractivity contribution in [3.63, 3.8) is 0 Å². The average molecular weight is 927 g/mol. The number of hydrogen-bond donors (Lipinski definition) is 0. The average Bonchev–Trinajstić information content (AvgIpc) is 3.33. The van der Waals surface area contributed by atoms with Crippen LogP contribution in [0.2, 0.25) is 0 Å². The van der Waals surface area contributed by atoms with E-state index < -0.39 is 6.10 Å². The molecule has 0 N–H and O–H groups in total. The summed E-state index contributed by atoms with van der Waals surface area (Å²) in [6.45, 7) is 6.30. The van der Waals surface area contributed by atoms with Crippen molar-refractivity contribution in [2.45, 2.75) is 232 Å². The maximum Gasteiger partial charge on any atom is 0.306 e. The van der Waals surface area contributed by atoms with Gasteiger partial charge in [0, 0.05) is 19.3 Å². The van der Waals surface area contributed by atoms with E-state index in [0.717, 1.165) is 103 Å². The lowest BCUT2D eigenvalue weighted by molar-refractivity contribution is -0.167. The summed E-state index contributed by atoms with van der Waals surface area (Å²) in [5.74, 6) is -1.01. The molecule has 0 aromatic heterocycles. The molecule has 0 heterocycles. The van der Waals surface area contributed by atoms with E-state index >= 15 is 0 Å². The maximum absolute atomic E-state index is 12.8. The number of carbonyl (C=O) groups is 3. The van der Waals surface area contributed by atoms with Gasteiger partial charge in [0.1, 0.15) is 13.2 Å². The van der Waals surface area contributed by atoms with Crippen LogP contribution in [0.25, 0.3) is 0 Å². The van der Waals surface area contributed by atoms with Crippen molar-refractivity contribution in [1.82, 2.24) is 0 Å². The zero-order valence-electron chi connectivity index (χ0n) is 43.1. The zero-order valence-corrected chi connectivity index (χ0v) is 43.1. The van der Waals surface area contributed by atoms with Gasteiger partial charge in [-0.05, 0) is 128 Å². The third-order valence-corrected chi connectivity index (χ3v) is 10.9. The second-order valence-electron chi connectivity index (χ2n) is 17.4. The van der Waals surface area contributed by atoms with E-state index in [1.807, 2.05) is 0 Å². The van der Waals surface area contributed by atoms with Crippen molar-refractivity contribution in [3.8, 4) is 0 Å². The molecule has 0 atom stereocenters. The maximum atomic E-state index is 12.8. The number of ether oxygens (including phenoxy) is 3. The van der Waals surface area contributed by atoms with Gasteiger partial charge in [-0.3, -0.25) is 14.4 Å². The van der Waals surface area contributed by atoms with Crippen molar-refractivity contribution < 1.29 is 28.6 Å². The Kier molecular flexibility index (Phi) is 51.0. The van der Waals surface area contributed by atoms with Crippen LogP contribution in [0.3, 0.4) is 0 Å². The lowest BCUT2D eigenvalue weighted by atomic mass is 10.1. The van der Waals surface area contributed by atoms with Crippen LogP contribution in [0, 0.1) is 0 Å². The van der Waals surface area contributed by atoms with E-state index in [9.17, 15) is 14.4 Å². The summed E-state index contributed by atoms with van der Waals surface area (Å²) in [5.41, 5.74) is 0. The summed E-state index contributed by atoms with van der Waals surface area (Å²) >= 11 is 0. The van der Waals surface area contributed by atoms with Crippen LogP contribution in [0.1, 0.15) is 226 Å². The topological polar surface area (TPSA) is 78.9 Å². The standard InChI is InChI=1S/C61H98O6/c1-4-7-10-13-16-19-22-25-28-29-30-31-34-37-40-43-46-49-52-55-61(64)67-58(56-65-59(62)53-50-47-44-41-38-35-32-26-23-20-17-14-11-8-5-2)57-66-60(63)54-51-48-45-42-39-36-33-27-24-21-18-15-12-9-6-3/h8-9,11-12,16-21,25-28,32-33,38-39,41-42,58H,4-7,10,13-15,22-24,29-31,34-37,40,43-57H2,1-3H3/b11-8-,12-9-,19-16-,20-17-,21-18-,28-25-,32-26-,33-27-,41-38-,42-39-. The molecule has 378 valence electrons. The normalized spacial score (nSPS) is 12.7. The molecule has 0 aromatic carbocycles. The predicted octanol–water partition coefficient (Wildman–Crippen LogP) is 18.1. The van der Waals surface area contributed by atoms with E-state index in [0.29, 0.717) is 32.1 Å². The molecule has 67 heavy (non-hydrogen) atoms. The first-order valence-corrected chi connectivity index (χ1v) is 27.0. The van der Waals surface area contributed by atoms with Crippen molar-refractivity contribution in [2.24, 2.45) is 0 Å². The molecule has 0 bridgehead atoms. The molecule has 0 radical (unpaired) electrons. The molecule has 0 aliphatic heterocycles. The van der Waals surface area contributed by atoms with Crippen LogP contribution in [0.5, 0.6) is 0 Å². The molecule has 0 saturated heterocycles. The molecular weight excluding hydrogens is 829 g/mol. The van der Waals surface area contributed by atoms with Crippen LogP contribution < -0.4 is 0 Å². The van der Waals surface area contributed by atoms with Crippen LogP contribution >= 0.6 is 0 Å². The second kappa shape index (κ2) is 54.4. The summed E-state index contributed by atoms with van der Waals surface area (Å²) in [6.07, 6.45) is 74.7. The SMILES string of the molecule is CC/C=C\C/C=C\C/C=C\C/C=C\CCCCC(=O)OCC(COC(=O)CCCC/C=C\C/C=C\C/C=C\C/C=C\CC)OC(=O)CCCCCCCCCCC/C=C\C/C=C\CCCCC. The zero-order chi connectivity index (χ0) is 48.6. The number of carbonyl (C=O) groups excluding carboxylic acids is 3. The number of hydrogen-bond acceptors (Lipinski definition) is 6. The fraction of sp³-hybridized carbons (Fsp3) is 0.623. The van der Waals surface area contributed by atoms with E-state index in [1.54, 1.807) is 0 Å². The van der Waals surface area contributed by atoms with Crippen LogP contribution in [-0.2, 0) is 28.6 Å². The first-order chi connectivity index (χ1) is 33.0. The minimum absolute atomic E-state index is 0.118. The summed E-state index contributed by atoms with van der Waals surface area (Å²) in [6, 6.07) is 0. The second-order valence-corrected chi connectivity index (χ2v) is 17.4. The molecule has 0 fully saturated rings. The summed E-state index contributed by atoms with van der Waals surface area (Å²) in [5, 5.41) is 0. The molecule has 6 heteroatoms. The van der Waals surface area contributed by atoms with Crippen LogP contribution in [-0.4, -0.2) is 37.2 Å². The fourth-order valence-electron chi connectivity index (χ4n) is 6.92. The van der Waals surface area contributed by atoms with Gasteiger partial charge in [0.15, 0.2) is 6.10 Å². The van der Waals surface area contributed by atoms with Crippen molar-refractivity contribution in [2.75, 3.05) is 13.2 Å². The number of rotatable bonds is 47. The van der Waals surface area contributed by atoms with E-state index in [1.165, 1.54) is 70.6 Å². The monoisotopic (exact) mass is 927 g/mol. The summed E-state index contributed by atoms with van der Waals surface area (Å²) in [7, 11) is 0. The van der Waals surface area contributed by atoms with Crippen molar-refractivity contribution in [3.05, 3.63) is 122 Å². The Hall–Kier alpha value is -4.19.